The Bertz CT molecular complexity index is 1530. The smallest absolute Gasteiger partial charge is 0.417 e. The standard InChI is InChI=1S/C26H29FN6O7/c1-30(2)22(34)10-6-5-9-20(40-26(39)31(3)4)23(35)29-17-8-7-13-32(24(17)36)15-21-28-18-14-16(27)11-12-19(18)33(21)25(37)38/h6-8,10-14,20H,5,9,15H2,1-4H3,(H,29,35)(H,37,38). The van der Waals surface area contributed by atoms with Gasteiger partial charge in [-0.25, -0.2) is 23.5 Å². The fourth-order valence-electron chi connectivity index (χ4n) is 3.60. The van der Waals surface area contributed by atoms with E-state index in [1.807, 2.05) is 0 Å². The van der Waals surface area contributed by atoms with Gasteiger partial charge in [0.25, 0.3) is 11.5 Å². The van der Waals surface area contributed by atoms with Crippen LogP contribution in [0.15, 0.2) is 53.5 Å². The second-order valence-corrected chi connectivity index (χ2v) is 9.10. The van der Waals surface area contributed by atoms with Crippen molar-refractivity contribution in [2.24, 2.45) is 0 Å². The van der Waals surface area contributed by atoms with Crippen LogP contribution in [0.4, 0.5) is 19.7 Å². The number of allylic oxidation sites excluding steroid dienone is 1. The van der Waals surface area contributed by atoms with E-state index in [0.717, 1.165) is 26.2 Å². The van der Waals surface area contributed by atoms with Gasteiger partial charge in [-0.05, 0) is 43.2 Å². The highest BCUT2D eigenvalue weighted by molar-refractivity contribution is 5.95. The summed E-state index contributed by atoms with van der Waals surface area (Å²) in [5.41, 5.74) is -0.587. The van der Waals surface area contributed by atoms with Gasteiger partial charge in [0.1, 0.15) is 17.3 Å². The van der Waals surface area contributed by atoms with Gasteiger partial charge < -0.3 is 29.5 Å². The SMILES string of the molecule is CN(C)C(=O)C=CCCC(OC(=O)N(C)C)C(=O)Nc1cccn(Cc2nc3cc(F)ccc3n2C(=O)O)c1=O. The molecule has 0 spiro atoms. The Morgan fingerprint density at radius 1 is 1.15 bits per heavy atom. The Morgan fingerprint density at radius 2 is 1.88 bits per heavy atom. The van der Waals surface area contributed by atoms with Crippen molar-refractivity contribution in [1.29, 1.82) is 0 Å². The van der Waals surface area contributed by atoms with E-state index in [2.05, 4.69) is 10.3 Å². The largest absolute Gasteiger partial charge is 0.464 e. The molecule has 3 aromatic rings. The minimum absolute atomic E-state index is 0.0306. The van der Waals surface area contributed by atoms with Crippen LogP contribution in [-0.2, 0) is 20.9 Å². The van der Waals surface area contributed by atoms with Crippen LogP contribution in [0.2, 0.25) is 0 Å². The van der Waals surface area contributed by atoms with E-state index in [1.165, 1.54) is 49.5 Å². The molecule has 1 unspecified atom stereocenters. The van der Waals surface area contributed by atoms with Gasteiger partial charge in [0.05, 0.1) is 17.6 Å². The average Bonchev–Trinajstić information content (AvgIpc) is 3.24. The molecule has 1 atom stereocenters. The number of amides is 3. The molecule has 0 saturated carbocycles. The summed E-state index contributed by atoms with van der Waals surface area (Å²) in [7, 11) is 6.07. The molecule has 2 heterocycles. The molecule has 40 heavy (non-hydrogen) atoms. The first-order chi connectivity index (χ1) is 18.9. The van der Waals surface area contributed by atoms with Crippen LogP contribution in [-0.4, -0.2) is 87.3 Å². The Labute approximate surface area is 228 Å². The molecule has 2 N–H and O–H groups in total. The molecule has 14 heteroatoms. The van der Waals surface area contributed by atoms with E-state index in [0.29, 0.717) is 0 Å². The Morgan fingerprint density at radius 3 is 2.52 bits per heavy atom. The van der Waals surface area contributed by atoms with E-state index in [-0.39, 0.29) is 47.8 Å². The fraction of sp³-hybridized carbons (Fsp3) is 0.308. The number of carbonyl (C=O) groups excluding carboxylic acids is 3. The third kappa shape index (κ3) is 7.09. The van der Waals surface area contributed by atoms with Crippen molar-refractivity contribution in [2.75, 3.05) is 33.5 Å². The molecule has 0 radical (unpaired) electrons. The predicted molar refractivity (Wildman–Crippen MR) is 143 cm³/mol. The summed E-state index contributed by atoms with van der Waals surface area (Å²) < 4.78 is 20.9. The number of ether oxygens (including phenoxy) is 1. The third-order valence-electron chi connectivity index (χ3n) is 5.66. The molecule has 0 aliphatic carbocycles. The molecule has 0 aliphatic heterocycles. The zero-order chi connectivity index (χ0) is 29.6. The van der Waals surface area contributed by atoms with Crippen molar-refractivity contribution in [3.05, 3.63) is 70.7 Å². The molecule has 3 amide bonds. The average molecular weight is 557 g/mol. The van der Waals surface area contributed by atoms with Crippen molar-refractivity contribution >= 4 is 40.7 Å². The van der Waals surface area contributed by atoms with Crippen molar-refractivity contribution in [1.82, 2.24) is 23.9 Å². The molecule has 0 saturated heterocycles. The van der Waals surface area contributed by atoms with Crippen LogP contribution in [0.25, 0.3) is 11.0 Å². The number of pyridine rings is 1. The molecule has 3 rings (SSSR count). The molecular formula is C26H29FN6O7. The number of nitrogens with one attached hydrogen (secondary N) is 1. The number of imidazole rings is 1. The first-order valence-electron chi connectivity index (χ1n) is 12.0. The third-order valence-corrected chi connectivity index (χ3v) is 5.66. The number of likely N-dealkylation sites (N-methyl/N-ethyl adjacent to an activating group) is 1. The monoisotopic (exact) mass is 556 g/mol. The summed E-state index contributed by atoms with van der Waals surface area (Å²) in [6, 6.07) is 6.26. The number of fused-ring (bicyclic) bond motifs is 1. The van der Waals surface area contributed by atoms with E-state index >= 15 is 0 Å². The van der Waals surface area contributed by atoms with Gasteiger partial charge in [-0.15, -0.1) is 0 Å². The fourth-order valence-corrected chi connectivity index (χ4v) is 3.60. The summed E-state index contributed by atoms with van der Waals surface area (Å²) in [6.07, 6.45) is 1.08. The molecule has 0 bridgehead atoms. The van der Waals surface area contributed by atoms with Crippen molar-refractivity contribution in [3.8, 4) is 0 Å². The maximum absolute atomic E-state index is 13.7. The van der Waals surface area contributed by atoms with Gasteiger partial charge in [-0.3, -0.25) is 14.4 Å². The Kier molecular flexibility index (Phi) is 9.37. The first kappa shape index (κ1) is 29.5. The normalized spacial score (nSPS) is 11.8. The lowest BCUT2D eigenvalue weighted by atomic mass is 10.1. The number of anilines is 1. The molecule has 1 aromatic carbocycles. The highest BCUT2D eigenvalue weighted by Gasteiger charge is 2.25. The topological polar surface area (TPSA) is 156 Å². The van der Waals surface area contributed by atoms with Gasteiger partial charge in [0, 0.05) is 40.5 Å². The second-order valence-electron chi connectivity index (χ2n) is 9.10. The van der Waals surface area contributed by atoms with Crippen LogP contribution in [0.1, 0.15) is 18.7 Å². The number of aromatic nitrogens is 3. The second kappa shape index (κ2) is 12.7. The Hall–Kier alpha value is -5.01. The van der Waals surface area contributed by atoms with E-state index < -0.39 is 35.6 Å². The number of carbonyl (C=O) groups is 4. The molecule has 0 fully saturated rings. The Balaban J connectivity index is 1.83. The zero-order valence-corrected chi connectivity index (χ0v) is 22.3. The lowest BCUT2D eigenvalue weighted by Gasteiger charge is -2.19. The van der Waals surface area contributed by atoms with E-state index in [1.54, 1.807) is 20.2 Å². The van der Waals surface area contributed by atoms with Gasteiger partial charge in [0.2, 0.25) is 5.91 Å². The summed E-state index contributed by atoms with van der Waals surface area (Å²) in [5, 5.41) is 12.1. The van der Waals surface area contributed by atoms with E-state index in [4.69, 9.17) is 4.74 Å². The number of nitrogens with zero attached hydrogens (tertiary/aromatic N) is 5. The highest BCUT2D eigenvalue weighted by atomic mass is 19.1. The minimum Gasteiger partial charge on any atom is -0.464 e. The molecule has 2 aromatic heterocycles. The number of hydrogen-bond donors (Lipinski definition) is 2. The number of carboxylic acid groups (broad SMARTS) is 1. The number of benzene rings is 1. The quantitative estimate of drug-likeness (QED) is 0.381. The van der Waals surface area contributed by atoms with Gasteiger partial charge >= 0.3 is 12.2 Å². The number of hydrogen-bond acceptors (Lipinski definition) is 7. The summed E-state index contributed by atoms with van der Waals surface area (Å²) in [4.78, 5) is 68.6. The lowest BCUT2D eigenvalue weighted by molar-refractivity contribution is -0.125. The molecule has 13 nitrogen and oxygen atoms in total. The van der Waals surface area contributed by atoms with Crippen molar-refractivity contribution in [3.63, 3.8) is 0 Å². The van der Waals surface area contributed by atoms with Crippen LogP contribution in [0.5, 0.6) is 0 Å². The summed E-state index contributed by atoms with van der Waals surface area (Å²) >= 11 is 0. The maximum Gasteiger partial charge on any atom is 0.417 e. The van der Waals surface area contributed by atoms with Crippen LogP contribution in [0.3, 0.4) is 0 Å². The first-order valence-corrected chi connectivity index (χ1v) is 12.0. The summed E-state index contributed by atoms with van der Waals surface area (Å²) in [5.74, 6) is -1.67. The van der Waals surface area contributed by atoms with E-state index in [9.17, 15) is 33.5 Å². The number of rotatable bonds is 9. The van der Waals surface area contributed by atoms with Crippen LogP contribution in [0, 0.1) is 5.82 Å². The number of halogens is 1. The van der Waals surface area contributed by atoms with Crippen LogP contribution < -0.4 is 10.9 Å². The zero-order valence-electron chi connectivity index (χ0n) is 22.3. The highest BCUT2D eigenvalue weighted by Crippen LogP contribution is 2.18. The van der Waals surface area contributed by atoms with Gasteiger partial charge in [0.15, 0.2) is 6.10 Å². The predicted octanol–water partition coefficient (Wildman–Crippen LogP) is 2.34. The van der Waals surface area contributed by atoms with Crippen LogP contribution >= 0.6 is 0 Å². The van der Waals surface area contributed by atoms with Gasteiger partial charge in [-0.1, -0.05) is 6.08 Å². The summed E-state index contributed by atoms with van der Waals surface area (Å²) in [6.45, 7) is -0.297. The maximum atomic E-state index is 13.7. The van der Waals surface area contributed by atoms with Gasteiger partial charge in [-0.2, -0.15) is 0 Å². The van der Waals surface area contributed by atoms with Crippen molar-refractivity contribution < 1.29 is 33.4 Å². The molecular weight excluding hydrogens is 527 g/mol. The lowest BCUT2D eigenvalue weighted by Crippen LogP contribution is -2.37. The molecule has 212 valence electrons. The molecule has 0 aliphatic rings. The van der Waals surface area contributed by atoms with Crippen molar-refractivity contribution in [2.45, 2.75) is 25.5 Å². The minimum atomic E-state index is -1.37.